The number of hydrogen-bond acceptors (Lipinski definition) is 6. The molecule has 0 aliphatic carbocycles. The number of nitrogens with zero attached hydrogens (tertiary/aromatic N) is 2. The lowest BCUT2D eigenvalue weighted by Gasteiger charge is -2.05. The fourth-order valence-corrected chi connectivity index (χ4v) is 2.56. The highest BCUT2D eigenvalue weighted by Gasteiger charge is 2.12. The van der Waals surface area contributed by atoms with Crippen molar-refractivity contribution in [3.05, 3.63) is 71.1 Å². The van der Waals surface area contributed by atoms with Crippen molar-refractivity contribution in [2.24, 2.45) is 5.16 Å². The first kappa shape index (κ1) is 20.1. The molecule has 7 heteroatoms. The zero-order valence-electron chi connectivity index (χ0n) is 16.5. The van der Waals surface area contributed by atoms with Gasteiger partial charge in [-0.15, -0.1) is 0 Å². The molecule has 0 saturated heterocycles. The van der Waals surface area contributed by atoms with Gasteiger partial charge in [0.15, 0.2) is 13.2 Å². The van der Waals surface area contributed by atoms with Gasteiger partial charge in [-0.1, -0.05) is 22.9 Å². The Balaban J connectivity index is 1.60. The van der Waals surface area contributed by atoms with Crippen LogP contribution >= 0.6 is 0 Å². The van der Waals surface area contributed by atoms with Crippen molar-refractivity contribution < 1.29 is 23.9 Å². The summed E-state index contributed by atoms with van der Waals surface area (Å²) in [6.45, 7) is 5.51. The average molecular weight is 394 g/mol. The van der Waals surface area contributed by atoms with Crippen LogP contribution in [-0.4, -0.2) is 28.4 Å². The van der Waals surface area contributed by atoms with Crippen molar-refractivity contribution in [1.29, 1.82) is 0 Å². The molecule has 0 spiro atoms. The van der Waals surface area contributed by atoms with Gasteiger partial charge in [0, 0.05) is 5.56 Å². The largest absolute Gasteiger partial charge is 0.482 e. The van der Waals surface area contributed by atoms with Crippen molar-refractivity contribution in [1.82, 2.24) is 4.98 Å². The lowest BCUT2D eigenvalue weighted by molar-refractivity contribution is -0.139. The van der Waals surface area contributed by atoms with Crippen LogP contribution in [0.15, 0.2) is 58.1 Å². The van der Waals surface area contributed by atoms with Crippen LogP contribution in [0.2, 0.25) is 0 Å². The molecule has 1 heterocycles. The summed E-state index contributed by atoms with van der Waals surface area (Å²) in [6.07, 6.45) is 0. The summed E-state index contributed by atoms with van der Waals surface area (Å²) < 4.78 is 10.9. The Bertz CT molecular complexity index is 1000. The number of aryl methyl sites for hydroxylation is 2. The van der Waals surface area contributed by atoms with Crippen LogP contribution in [-0.2, 0) is 16.2 Å². The predicted octanol–water partition coefficient (Wildman–Crippen LogP) is 4.36. The van der Waals surface area contributed by atoms with Crippen LogP contribution in [0, 0.1) is 13.8 Å². The van der Waals surface area contributed by atoms with Crippen LogP contribution in [0.4, 0.5) is 0 Å². The van der Waals surface area contributed by atoms with E-state index in [0.29, 0.717) is 28.8 Å². The summed E-state index contributed by atoms with van der Waals surface area (Å²) in [5.74, 6) is 0.702. The maximum Gasteiger partial charge on any atom is 0.341 e. The molecular weight excluding hydrogens is 372 g/mol. The van der Waals surface area contributed by atoms with Gasteiger partial charge < -0.3 is 19.1 Å². The van der Waals surface area contributed by atoms with Crippen LogP contribution in [0.3, 0.4) is 0 Å². The normalized spacial score (nSPS) is 11.3. The van der Waals surface area contributed by atoms with E-state index in [0.717, 1.165) is 11.1 Å². The molecule has 3 aromatic rings. The third kappa shape index (κ3) is 5.44. The van der Waals surface area contributed by atoms with Gasteiger partial charge in [-0.3, -0.25) is 0 Å². The van der Waals surface area contributed by atoms with E-state index in [1.807, 2.05) is 45.0 Å². The fourth-order valence-electron chi connectivity index (χ4n) is 2.56. The molecule has 0 unspecified atom stereocenters. The Morgan fingerprint density at radius 3 is 2.45 bits per heavy atom. The van der Waals surface area contributed by atoms with Gasteiger partial charge in [-0.2, -0.15) is 0 Å². The number of aromatic nitrogens is 1. The number of hydrogen-bond donors (Lipinski definition) is 1. The number of oxazole rings is 1. The minimum absolute atomic E-state index is 0.193. The van der Waals surface area contributed by atoms with Gasteiger partial charge in [0.1, 0.15) is 17.2 Å². The predicted molar refractivity (Wildman–Crippen MR) is 108 cm³/mol. The quantitative estimate of drug-likeness (QED) is 0.451. The van der Waals surface area contributed by atoms with Crippen molar-refractivity contribution in [3.63, 3.8) is 0 Å². The van der Waals surface area contributed by atoms with Crippen LogP contribution in [0.1, 0.15) is 29.5 Å². The van der Waals surface area contributed by atoms with E-state index in [9.17, 15) is 4.79 Å². The second kappa shape index (κ2) is 9.05. The first-order valence-electron chi connectivity index (χ1n) is 9.07. The maximum atomic E-state index is 10.5. The van der Waals surface area contributed by atoms with E-state index in [4.69, 9.17) is 19.1 Å². The average Bonchev–Trinajstić information content (AvgIpc) is 3.08. The number of carbonyl (C=O) groups is 1. The standard InChI is InChI=1S/C22H22N2O5/c1-14-4-6-18(7-5-14)22-23-20(16(3)29-22)12-28-24-15(2)17-8-10-19(11-9-17)27-13-21(25)26/h4-11H,12-13H2,1-3H3,(H,25,26)/b24-15+. The summed E-state index contributed by atoms with van der Waals surface area (Å²) in [5.41, 5.74) is 4.29. The molecule has 2 aromatic carbocycles. The first-order chi connectivity index (χ1) is 13.9. The fraction of sp³-hybridized carbons (Fsp3) is 0.227. The van der Waals surface area contributed by atoms with Gasteiger partial charge >= 0.3 is 5.97 Å². The van der Waals surface area contributed by atoms with Crippen molar-refractivity contribution in [3.8, 4) is 17.2 Å². The molecule has 0 fully saturated rings. The van der Waals surface area contributed by atoms with Crippen molar-refractivity contribution in [2.75, 3.05) is 6.61 Å². The van der Waals surface area contributed by atoms with Crippen LogP contribution < -0.4 is 4.74 Å². The third-order valence-electron chi connectivity index (χ3n) is 4.23. The molecular formula is C22H22N2O5. The summed E-state index contributed by atoms with van der Waals surface area (Å²) in [5, 5.41) is 12.8. The molecule has 0 saturated carbocycles. The Labute approximate surface area is 168 Å². The Morgan fingerprint density at radius 1 is 1.10 bits per heavy atom. The zero-order valence-corrected chi connectivity index (χ0v) is 16.5. The molecule has 7 nitrogen and oxygen atoms in total. The third-order valence-corrected chi connectivity index (χ3v) is 4.23. The lowest BCUT2D eigenvalue weighted by atomic mass is 10.1. The summed E-state index contributed by atoms with van der Waals surface area (Å²) >= 11 is 0. The van der Waals surface area contributed by atoms with Crippen LogP contribution in [0.5, 0.6) is 5.75 Å². The second-order valence-electron chi connectivity index (χ2n) is 6.54. The lowest BCUT2D eigenvalue weighted by Crippen LogP contribution is -2.09. The number of carboxylic acid groups (broad SMARTS) is 1. The van der Waals surface area contributed by atoms with E-state index in [1.165, 1.54) is 5.56 Å². The molecule has 1 N–H and O–H groups in total. The molecule has 3 rings (SSSR count). The Morgan fingerprint density at radius 2 is 1.79 bits per heavy atom. The van der Waals surface area contributed by atoms with Crippen molar-refractivity contribution in [2.45, 2.75) is 27.4 Å². The molecule has 0 radical (unpaired) electrons. The second-order valence-corrected chi connectivity index (χ2v) is 6.54. The SMILES string of the molecule is C/C(=N\OCc1nc(-c2ccc(C)cc2)oc1C)c1ccc(OCC(=O)O)cc1. The maximum absolute atomic E-state index is 10.5. The van der Waals surface area contributed by atoms with Gasteiger partial charge in [0.2, 0.25) is 5.89 Å². The molecule has 0 amide bonds. The highest BCUT2D eigenvalue weighted by atomic mass is 16.6. The number of aliphatic carboxylic acids is 1. The molecule has 0 aliphatic rings. The molecule has 150 valence electrons. The van der Waals surface area contributed by atoms with Gasteiger partial charge in [0.05, 0.1) is 5.71 Å². The van der Waals surface area contributed by atoms with E-state index in [-0.39, 0.29) is 13.2 Å². The Hall–Kier alpha value is -3.61. The topological polar surface area (TPSA) is 94.2 Å². The van der Waals surface area contributed by atoms with Gasteiger partial charge in [-0.05, 0) is 62.7 Å². The smallest absolute Gasteiger partial charge is 0.341 e. The van der Waals surface area contributed by atoms with E-state index >= 15 is 0 Å². The Kier molecular flexibility index (Phi) is 6.29. The number of benzene rings is 2. The number of rotatable bonds is 8. The first-order valence-corrected chi connectivity index (χ1v) is 9.07. The van der Waals surface area contributed by atoms with Gasteiger partial charge in [-0.25, -0.2) is 9.78 Å². The monoisotopic (exact) mass is 394 g/mol. The highest BCUT2D eigenvalue weighted by molar-refractivity contribution is 5.98. The van der Waals surface area contributed by atoms with E-state index in [1.54, 1.807) is 24.3 Å². The van der Waals surface area contributed by atoms with E-state index in [2.05, 4.69) is 10.1 Å². The summed E-state index contributed by atoms with van der Waals surface area (Å²) in [4.78, 5) is 20.5. The molecule has 1 aromatic heterocycles. The molecule has 0 atom stereocenters. The molecule has 29 heavy (non-hydrogen) atoms. The minimum Gasteiger partial charge on any atom is -0.482 e. The number of ether oxygens (including phenoxy) is 1. The molecule has 0 aliphatic heterocycles. The van der Waals surface area contributed by atoms with E-state index < -0.39 is 5.97 Å². The summed E-state index contributed by atoms with van der Waals surface area (Å²) in [7, 11) is 0. The highest BCUT2D eigenvalue weighted by Crippen LogP contribution is 2.22. The minimum atomic E-state index is -1.02. The number of carboxylic acids is 1. The zero-order chi connectivity index (χ0) is 20.8. The molecule has 0 bridgehead atoms. The van der Waals surface area contributed by atoms with Gasteiger partial charge in [0.25, 0.3) is 0 Å². The van der Waals surface area contributed by atoms with Crippen molar-refractivity contribution >= 4 is 11.7 Å². The van der Waals surface area contributed by atoms with Crippen LogP contribution in [0.25, 0.3) is 11.5 Å². The summed E-state index contributed by atoms with van der Waals surface area (Å²) in [6, 6.07) is 14.9. The number of oxime groups is 1.